The summed E-state index contributed by atoms with van der Waals surface area (Å²) in [6, 6.07) is 20.9. The van der Waals surface area contributed by atoms with Gasteiger partial charge in [0.25, 0.3) is 0 Å². The number of hydrogen-bond acceptors (Lipinski definition) is 4. The van der Waals surface area contributed by atoms with Crippen LogP contribution in [0.5, 0.6) is 5.75 Å². The van der Waals surface area contributed by atoms with E-state index in [4.69, 9.17) is 4.74 Å². The third kappa shape index (κ3) is 5.76. The van der Waals surface area contributed by atoms with E-state index in [0.29, 0.717) is 13.2 Å². The van der Waals surface area contributed by atoms with E-state index in [-0.39, 0.29) is 6.03 Å². The van der Waals surface area contributed by atoms with Gasteiger partial charge in [-0.2, -0.15) is 0 Å². The molecule has 2 aromatic carbocycles. The first kappa shape index (κ1) is 18.8. The lowest BCUT2D eigenvalue weighted by molar-refractivity contribution is 0.251. The van der Waals surface area contributed by atoms with Gasteiger partial charge in [0.15, 0.2) is 0 Å². The zero-order chi connectivity index (χ0) is 18.9. The van der Waals surface area contributed by atoms with Crippen LogP contribution in [0.15, 0.2) is 77.8 Å². The van der Waals surface area contributed by atoms with Crippen molar-refractivity contribution < 1.29 is 9.53 Å². The second-order valence-electron chi connectivity index (χ2n) is 5.76. The lowest BCUT2D eigenvalue weighted by Crippen LogP contribution is -2.28. The van der Waals surface area contributed by atoms with E-state index in [1.165, 1.54) is 0 Å². The van der Waals surface area contributed by atoms with Crippen LogP contribution in [0.2, 0.25) is 0 Å². The minimum absolute atomic E-state index is 0.230. The molecule has 1 aromatic heterocycles. The Morgan fingerprint density at radius 3 is 2.56 bits per heavy atom. The molecule has 0 aliphatic heterocycles. The van der Waals surface area contributed by atoms with Crippen LogP contribution in [0, 0.1) is 0 Å². The van der Waals surface area contributed by atoms with Crippen molar-refractivity contribution in [1.29, 1.82) is 0 Å². The largest absolute Gasteiger partial charge is 0.487 e. The number of urea groups is 1. The molecule has 0 spiro atoms. The van der Waals surface area contributed by atoms with E-state index in [0.717, 1.165) is 27.6 Å². The van der Waals surface area contributed by atoms with E-state index in [9.17, 15) is 4.79 Å². The van der Waals surface area contributed by atoms with E-state index < -0.39 is 0 Å². The van der Waals surface area contributed by atoms with Gasteiger partial charge in [-0.3, -0.25) is 4.98 Å². The maximum Gasteiger partial charge on any atom is 0.319 e. The number of nitrogens with one attached hydrogen (secondary N) is 2. The molecule has 0 radical (unpaired) electrons. The molecule has 2 N–H and O–H groups in total. The van der Waals surface area contributed by atoms with Crippen molar-refractivity contribution >= 4 is 23.5 Å². The van der Waals surface area contributed by atoms with Crippen LogP contribution in [0.4, 0.5) is 10.5 Å². The van der Waals surface area contributed by atoms with Gasteiger partial charge in [0, 0.05) is 17.6 Å². The van der Waals surface area contributed by atoms with Crippen molar-refractivity contribution in [2.24, 2.45) is 0 Å². The second kappa shape index (κ2) is 9.64. The van der Waals surface area contributed by atoms with Gasteiger partial charge in [-0.15, -0.1) is 11.8 Å². The minimum Gasteiger partial charge on any atom is -0.487 e. The Hall–Kier alpha value is -2.99. The highest BCUT2D eigenvalue weighted by Gasteiger charge is 2.05. The number of para-hydroxylation sites is 1. The van der Waals surface area contributed by atoms with Crippen LogP contribution >= 0.6 is 11.8 Å². The number of rotatable bonds is 7. The number of amides is 2. The number of aromatic nitrogens is 1. The molecule has 0 fully saturated rings. The topological polar surface area (TPSA) is 63.2 Å². The summed E-state index contributed by atoms with van der Waals surface area (Å²) in [6.07, 6.45) is 3.73. The van der Waals surface area contributed by atoms with Crippen LogP contribution in [0.1, 0.15) is 11.3 Å². The Morgan fingerprint density at radius 1 is 1.04 bits per heavy atom. The quantitative estimate of drug-likeness (QED) is 0.584. The number of ether oxygens (including phenoxy) is 1. The van der Waals surface area contributed by atoms with E-state index in [2.05, 4.69) is 15.6 Å². The van der Waals surface area contributed by atoms with Gasteiger partial charge in [0.2, 0.25) is 0 Å². The number of hydrogen-bond donors (Lipinski definition) is 2. The SMILES string of the molecule is CSc1ccccc1NC(=O)NCc1ccc(OCc2ccccn2)cc1. The average molecular weight is 379 g/mol. The number of anilines is 1. The standard InChI is InChI=1S/C21H21N3O2S/c1-27-20-8-3-2-7-19(20)24-21(25)23-14-16-9-11-18(12-10-16)26-15-17-6-4-5-13-22-17/h2-13H,14-15H2,1H3,(H2,23,24,25). The normalized spacial score (nSPS) is 10.3. The summed E-state index contributed by atoms with van der Waals surface area (Å²) < 4.78 is 5.71. The van der Waals surface area contributed by atoms with Gasteiger partial charge in [-0.05, 0) is 48.2 Å². The molecule has 0 aliphatic rings. The van der Waals surface area contributed by atoms with Crippen molar-refractivity contribution in [2.75, 3.05) is 11.6 Å². The summed E-state index contributed by atoms with van der Waals surface area (Å²) in [5, 5.41) is 5.74. The zero-order valence-corrected chi connectivity index (χ0v) is 15.8. The highest BCUT2D eigenvalue weighted by molar-refractivity contribution is 7.98. The van der Waals surface area contributed by atoms with Crippen molar-refractivity contribution in [3.8, 4) is 5.75 Å². The Kier molecular flexibility index (Phi) is 6.71. The molecule has 2 amide bonds. The predicted octanol–water partition coefficient (Wildman–Crippen LogP) is 4.70. The molecule has 0 atom stereocenters. The molecule has 3 rings (SSSR count). The van der Waals surface area contributed by atoms with Crippen LogP contribution in [0.25, 0.3) is 0 Å². The summed E-state index contributed by atoms with van der Waals surface area (Å²) in [5.74, 6) is 0.766. The molecule has 0 saturated heterocycles. The number of carbonyl (C=O) groups excluding carboxylic acids is 1. The second-order valence-corrected chi connectivity index (χ2v) is 6.61. The molecule has 5 nitrogen and oxygen atoms in total. The summed E-state index contributed by atoms with van der Waals surface area (Å²) in [4.78, 5) is 17.4. The summed E-state index contributed by atoms with van der Waals surface area (Å²) in [5.41, 5.74) is 2.68. The molecular weight excluding hydrogens is 358 g/mol. The Bertz CT molecular complexity index is 870. The third-order valence-electron chi connectivity index (χ3n) is 3.84. The van der Waals surface area contributed by atoms with Gasteiger partial charge in [-0.1, -0.05) is 30.3 Å². The number of pyridine rings is 1. The van der Waals surface area contributed by atoms with Crippen LogP contribution in [0.3, 0.4) is 0 Å². The molecule has 3 aromatic rings. The number of thioether (sulfide) groups is 1. The fourth-order valence-electron chi connectivity index (χ4n) is 2.44. The average Bonchev–Trinajstić information content (AvgIpc) is 2.72. The Balaban J connectivity index is 1.47. The smallest absolute Gasteiger partial charge is 0.319 e. The third-order valence-corrected chi connectivity index (χ3v) is 4.64. The molecule has 6 heteroatoms. The highest BCUT2D eigenvalue weighted by atomic mass is 32.2. The predicted molar refractivity (Wildman–Crippen MR) is 109 cm³/mol. The molecule has 27 heavy (non-hydrogen) atoms. The van der Waals surface area contributed by atoms with Crippen LogP contribution in [-0.4, -0.2) is 17.3 Å². The van der Waals surface area contributed by atoms with Gasteiger partial charge in [0.1, 0.15) is 12.4 Å². The van der Waals surface area contributed by atoms with Crippen molar-refractivity contribution in [3.05, 3.63) is 84.2 Å². The maximum atomic E-state index is 12.1. The fraction of sp³-hybridized carbons (Fsp3) is 0.143. The van der Waals surface area contributed by atoms with E-state index in [1.807, 2.05) is 73.0 Å². The first-order chi connectivity index (χ1) is 13.2. The Morgan fingerprint density at radius 2 is 1.81 bits per heavy atom. The van der Waals surface area contributed by atoms with Crippen molar-refractivity contribution in [1.82, 2.24) is 10.3 Å². The first-order valence-corrected chi connectivity index (χ1v) is 9.76. The molecule has 138 valence electrons. The van der Waals surface area contributed by atoms with E-state index in [1.54, 1.807) is 18.0 Å². The van der Waals surface area contributed by atoms with Crippen molar-refractivity contribution in [3.63, 3.8) is 0 Å². The summed E-state index contributed by atoms with van der Waals surface area (Å²) in [6.45, 7) is 0.865. The monoisotopic (exact) mass is 379 g/mol. The van der Waals surface area contributed by atoms with Crippen LogP contribution < -0.4 is 15.4 Å². The highest BCUT2D eigenvalue weighted by Crippen LogP contribution is 2.24. The lowest BCUT2D eigenvalue weighted by Gasteiger charge is -2.11. The molecule has 0 unspecified atom stereocenters. The van der Waals surface area contributed by atoms with Crippen LogP contribution in [-0.2, 0) is 13.2 Å². The number of carbonyl (C=O) groups is 1. The van der Waals surface area contributed by atoms with Gasteiger partial charge < -0.3 is 15.4 Å². The Labute approximate surface area is 163 Å². The maximum absolute atomic E-state index is 12.1. The fourth-order valence-corrected chi connectivity index (χ4v) is 2.99. The first-order valence-electron chi connectivity index (χ1n) is 8.54. The number of benzene rings is 2. The van der Waals surface area contributed by atoms with Crippen molar-refractivity contribution in [2.45, 2.75) is 18.0 Å². The molecule has 0 bridgehead atoms. The van der Waals surface area contributed by atoms with Gasteiger partial charge in [0.05, 0.1) is 11.4 Å². The summed E-state index contributed by atoms with van der Waals surface area (Å²) in [7, 11) is 0. The summed E-state index contributed by atoms with van der Waals surface area (Å²) >= 11 is 1.60. The molecule has 1 heterocycles. The van der Waals surface area contributed by atoms with Gasteiger partial charge >= 0.3 is 6.03 Å². The zero-order valence-electron chi connectivity index (χ0n) is 15.0. The lowest BCUT2D eigenvalue weighted by atomic mass is 10.2. The van der Waals surface area contributed by atoms with E-state index >= 15 is 0 Å². The molecule has 0 aliphatic carbocycles. The molecular formula is C21H21N3O2S. The van der Waals surface area contributed by atoms with Gasteiger partial charge in [-0.25, -0.2) is 4.79 Å². The molecule has 0 saturated carbocycles. The number of nitrogens with zero attached hydrogens (tertiary/aromatic N) is 1. The minimum atomic E-state index is -0.230.